The number of imidazole rings is 1. The molecule has 0 saturated heterocycles. The molecule has 1 saturated carbocycles. The third-order valence-corrected chi connectivity index (χ3v) is 5.05. The summed E-state index contributed by atoms with van der Waals surface area (Å²) in [6, 6.07) is 12.3. The second-order valence-electron chi connectivity index (χ2n) is 7.36. The number of fused-ring (bicyclic) bond motifs is 1. The van der Waals surface area contributed by atoms with Crippen molar-refractivity contribution in [1.29, 1.82) is 0 Å². The van der Waals surface area contributed by atoms with E-state index in [1.54, 1.807) is 18.5 Å². The number of pyridine rings is 1. The van der Waals surface area contributed by atoms with Gasteiger partial charge in [-0.2, -0.15) is 0 Å². The maximum absolute atomic E-state index is 10.6. The Bertz CT molecular complexity index is 844. The zero-order chi connectivity index (χ0) is 19.1. The molecule has 1 aliphatic rings. The van der Waals surface area contributed by atoms with Crippen LogP contribution in [0.2, 0.25) is 0 Å². The van der Waals surface area contributed by atoms with Crippen molar-refractivity contribution < 1.29 is 5.11 Å². The fraction of sp³-hybridized carbons (Fsp3) is 0.429. The molecule has 0 aliphatic heterocycles. The van der Waals surface area contributed by atoms with Gasteiger partial charge in [0.2, 0.25) is 0 Å². The minimum Gasteiger partial charge on any atom is -0.384 e. The predicted octanol–water partition coefficient (Wildman–Crippen LogP) is 3.07. The van der Waals surface area contributed by atoms with E-state index in [1.165, 1.54) is 32.1 Å². The van der Waals surface area contributed by atoms with Gasteiger partial charge < -0.3 is 20.4 Å². The fourth-order valence-electron chi connectivity index (χ4n) is 3.43. The average molecular weight is 368 g/mol. The van der Waals surface area contributed by atoms with Crippen molar-refractivity contribution in [3.05, 3.63) is 64.8 Å². The van der Waals surface area contributed by atoms with E-state index in [2.05, 4.69) is 20.3 Å². The van der Waals surface area contributed by atoms with Crippen molar-refractivity contribution in [3.8, 4) is 0 Å². The molecule has 6 heteroatoms. The largest absolute Gasteiger partial charge is 0.384 e. The summed E-state index contributed by atoms with van der Waals surface area (Å²) in [4.78, 5) is 19.7. The lowest BCUT2D eigenvalue weighted by molar-refractivity contribution is 0.0522. The van der Waals surface area contributed by atoms with Gasteiger partial charge in [0.25, 0.3) is 0 Å². The quantitative estimate of drug-likeness (QED) is 0.569. The van der Waals surface area contributed by atoms with Gasteiger partial charge in [-0.25, -0.2) is 4.79 Å². The molecule has 2 aromatic heterocycles. The van der Waals surface area contributed by atoms with Gasteiger partial charge in [0.05, 0.1) is 22.8 Å². The number of H-pyrrole nitrogens is 2. The normalized spacial score (nSPS) is 17.1. The first kappa shape index (κ1) is 19.3. The van der Waals surface area contributed by atoms with E-state index in [4.69, 9.17) is 0 Å². The minimum atomic E-state index is -0.765. The van der Waals surface area contributed by atoms with E-state index in [0.29, 0.717) is 12.6 Å². The van der Waals surface area contributed by atoms with Crippen LogP contribution in [0.25, 0.3) is 11.0 Å². The molecule has 27 heavy (non-hydrogen) atoms. The molecule has 0 spiro atoms. The highest BCUT2D eigenvalue weighted by Crippen LogP contribution is 2.22. The molecule has 1 atom stereocenters. The Kier molecular flexibility index (Phi) is 6.42. The van der Waals surface area contributed by atoms with E-state index in [0.717, 1.165) is 16.6 Å². The van der Waals surface area contributed by atoms with Crippen LogP contribution < -0.4 is 11.0 Å². The number of hydrogen-bond acceptors (Lipinski definition) is 4. The van der Waals surface area contributed by atoms with E-state index < -0.39 is 5.60 Å². The lowest BCUT2D eigenvalue weighted by atomic mass is 9.92. The summed E-state index contributed by atoms with van der Waals surface area (Å²) in [6.45, 7) is 2.53. The van der Waals surface area contributed by atoms with E-state index >= 15 is 0 Å². The van der Waals surface area contributed by atoms with Crippen molar-refractivity contribution in [3.63, 3.8) is 0 Å². The predicted molar refractivity (Wildman–Crippen MR) is 108 cm³/mol. The highest BCUT2D eigenvalue weighted by Gasteiger charge is 2.24. The molecular formula is C21H28N4O2. The summed E-state index contributed by atoms with van der Waals surface area (Å²) in [5.41, 5.74) is 1.57. The Labute approximate surface area is 159 Å². The van der Waals surface area contributed by atoms with Gasteiger partial charge in [0.1, 0.15) is 0 Å². The van der Waals surface area contributed by atoms with Crippen molar-refractivity contribution >= 4 is 11.0 Å². The molecule has 144 valence electrons. The molecule has 2 heterocycles. The van der Waals surface area contributed by atoms with Crippen molar-refractivity contribution in [1.82, 2.24) is 20.3 Å². The lowest BCUT2D eigenvalue weighted by Gasteiger charge is -2.29. The Hall–Kier alpha value is -2.44. The van der Waals surface area contributed by atoms with Crippen LogP contribution >= 0.6 is 0 Å². The van der Waals surface area contributed by atoms with Crippen LogP contribution in [0.5, 0.6) is 0 Å². The number of nitrogens with one attached hydrogen (secondary N) is 3. The number of aromatic nitrogens is 3. The molecule has 4 N–H and O–H groups in total. The molecule has 0 radical (unpaired) electrons. The first-order valence-electron chi connectivity index (χ1n) is 9.58. The van der Waals surface area contributed by atoms with Crippen molar-refractivity contribution in [2.45, 2.75) is 50.7 Å². The second-order valence-corrected chi connectivity index (χ2v) is 7.36. The standard InChI is InChI=1S/C15H23NO.C6H5N3O/c1-15(17,13-8-4-2-5-9-13)12-16-14-10-6-3-7-11-14;10-6-8-4-1-2-7-3-5(4)9-6/h2,4-5,8-9,14,16-17H,3,6-7,10-12H2,1H3;1-3H,(H2,8,9,10). The molecular weight excluding hydrogens is 340 g/mol. The van der Waals surface area contributed by atoms with E-state index in [9.17, 15) is 9.90 Å². The van der Waals surface area contributed by atoms with Crippen LogP contribution in [0.1, 0.15) is 44.6 Å². The zero-order valence-corrected chi connectivity index (χ0v) is 15.7. The number of aliphatic hydroxyl groups is 1. The summed E-state index contributed by atoms with van der Waals surface area (Å²) >= 11 is 0. The van der Waals surface area contributed by atoms with Crippen molar-refractivity contribution in [2.75, 3.05) is 6.54 Å². The molecule has 1 aliphatic carbocycles. The summed E-state index contributed by atoms with van der Waals surface area (Å²) in [5, 5.41) is 14.0. The first-order chi connectivity index (χ1) is 13.0. The maximum Gasteiger partial charge on any atom is 0.323 e. The van der Waals surface area contributed by atoms with Gasteiger partial charge in [-0.1, -0.05) is 49.6 Å². The number of nitrogens with zero attached hydrogens (tertiary/aromatic N) is 1. The van der Waals surface area contributed by atoms with Crippen LogP contribution in [0.3, 0.4) is 0 Å². The summed E-state index contributed by atoms with van der Waals surface area (Å²) in [6.07, 6.45) is 9.76. The third kappa shape index (κ3) is 5.52. The Morgan fingerprint density at radius 1 is 1.11 bits per heavy atom. The molecule has 1 aromatic carbocycles. The highest BCUT2D eigenvalue weighted by atomic mass is 16.3. The Morgan fingerprint density at radius 3 is 2.52 bits per heavy atom. The van der Waals surface area contributed by atoms with Gasteiger partial charge in [-0.15, -0.1) is 0 Å². The second kappa shape index (κ2) is 8.97. The summed E-state index contributed by atoms with van der Waals surface area (Å²) < 4.78 is 0. The SMILES string of the molecule is CC(O)(CNC1CCCCC1)c1ccccc1.O=c1[nH]c2ccncc2[nH]1. The third-order valence-electron chi connectivity index (χ3n) is 5.05. The lowest BCUT2D eigenvalue weighted by Crippen LogP contribution is -2.41. The number of aromatic amines is 2. The summed E-state index contributed by atoms with van der Waals surface area (Å²) in [7, 11) is 0. The average Bonchev–Trinajstić information content (AvgIpc) is 3.09. The minimum absolute atomic E-state index is 0.192. The van der Waals surface area contributed by atoms with Crippen LogP contribution in [-0.2, 0) is 5.60 Å². The van der Waals surface area contributed by atoms with Crippen LogP contribution in [0.15, 0.2) is 53.6 Å². The van der Waals surface area contributed by atoms with Gasteiger partial charge in [0.15, 0.2) is 0 Å². The summed E-state index contributed by atoms with van der Waals surface area (Å²) in [5.74, 6) is 0. The first-order valence-corrected chi connectivity index (χ1v) is 9.58. The molecule has 3 aromatic rings. The van der Waals surface area contributed by atoms with Gasteiger partial charge in [-0.3, -0.25) is 4.98 Å². The molecule has 0 amide bonds. The van der Waals surface area contributed by atoms with Gasteiger partial charge >= 0.3 is 5.69 Å². The molecule has 0 bridgehead atoms. The van der Waals surface area contributed by atoms with Gasteiger partial charge in [-0.05, 0) is 31.4 Å². The van der Waals surface area contributed by atoms with Crippen molar-refractivity contribution in [2.24, 2.45) is 0 Å². The smallest absolute Gasteiger partial charge is 0.323 e. The molecule has 4 rings (SSSR count). The van der Waals surface area contributed by atoms with Crippen LogP contribution in [-0.4, -0.2) is 32.6 Å². The topological polar surface area (TPSA) is 93.8 Å². The highest BCUT2D eigenvalue weighted by molar-refractivity contribution is 5.72. The zero-order valence-electron chi connectivity index (χ0n) is 15.7. The van der Waals surface area contributed by atoms with E-state index in [-0.39, 0.29) is 5.69 Å². The van der Waals surface area contributed by atoms with Gasteiger partial charge in [0, 0.05) is 18.8 Å². The number of benzene rings is 1. The van der Waals surface area contributed by atoms with Crippen LogP contribution in [0, 0.1) is 0 Å². The number of rotatable bonds is 4. The van der Waals surface area contributed by atoms with Crippen LogP contribution in [0.4, 0.5) is 0 Å². The maximum atomic E-state index is 10.6. The molecule has 1 fully saturated rings. The molecule has 1 unspecified atom stereocenters. The number of hydrogen-bond donors (Lipinski definition) is 4. The molecule has 6 nitrogen and oxygen atoms in total. The Balaban J connectivity index is 0.000000177. The van der Waals surface area contributed by atoms with E-state index in [1.807, 2.05) is 37.3 Å². The monoisotopic (exact) mass is 368 g/mol. The fourth-order valence-corrected chi connectivity index (χ4v) is 3.43. The Morgan fingerprint density at radius 2 is 1.81 bits per heavy atom.